The zero-order valence-corrected chi connectivity index (χ0v) is 35.2. The van der Waals surface area contributed by atoms with E-state index in [1.54, 1.807) is 0 Å². The molecule has 61 heavy (non-hydrogen) atoms. The van der Waals surface area contributed by atoms with Crippen LogP contribution >= 0.6 is 0 Å². The molecule has 0 radical (unpaired) electrons. The van der Waals surface area contributed by atoms with Crippen LogP contribution < -0.4 is 4.98 Å². The second kappa shape index (κ2) is 14.7. The van der Waals surface area contributed by atoms with Crippen molar-refractivity contribution in [2.24, 2.45) is 0 Å². The molecule has 0 aliphatic heterocycles. The molecule has 7 heteroatoms. The van der Waals surface area contributed by atoms with E-state index in [1.165, 1.54) is 11.1 Å². The van der Waals surface area contributed by atoms with Gasteiger partial charge in [0.05, 0.1) is 11.0 Å². The number of nitrogens with zero attached hydrogens (tertiary/aromatic N) is 6. The SMILES string of the molecule is Cc1cc2c(cc1-c1ccncc1)c1ccc(-c3cccc4c3nc(-c3cccc5c3[n-]c3ccccc35)n4-c3ccccc3)[c-]c1n2-c1cc(-c2ccccc2)ccn1.[Pt+2]. The number of rotatable bonds is 6. The van der Waals surface area contributed by atoms with Gasteiger partial charge in [0, 0.05) is 35.4 Å². The Labute approximate surface area is 366 Å². The summed E-state index contributed by atoms with van der Waals surface area (Å²) in [6.07, 6.45) is 5.61. The fourth-order valence-electron chi connectivity index (χ4n) is 8.99. The normalized spacial score (nSPS) is 11.6. The van der Waals surface area contributed by atoms with Gasteiger partial charge < -0.3 is 9.55 Å². The fraction of sp³-hybridized carbons (Fsp3) is 0.0185. The molecule has 0 saturated heterocycles. The van der Waals surface area contributed by atoms with Gasteiger partial charge in [-0.2, -0.15) is 0 Å². The van der Waals surface area contributed by atoms with E-state index in [9.17, 15) is 0 Å². The first-order chi connectivity index (χ1) is 29.7. The average molecular weight is 962 g/mol. The molecule has 0 N–H and O–H groups in total. The predicted octanol–water partition coefficient (Wildman–Crippen LogP) is 13.0. The molecule has 0 spiro atoms. The molecular weight excluding hydrogens is 928 g/mol. The molecule has 290 valence electrons. The van der Waals surface area contributed by atoms with Crippen LogP contribution in [-0.4, -0.2) is 24.1 Å². The molecule has 5 aromatic heterocycles. The van der Waals surface area contributed by atoms with Crippen molar-refractivity contribution in [1.29, 1.82) is 0 Å². The van der Waals surface area contributed by atoms with Crippen LogP contribution in [0.2, 0.25) is 0 Å². The topological polar surface area (TPSA) is 62.6 Å². The number of pyridine rings is 2. The van der Waals surface area contributed by atoms with Gasteiger partial charge in [-0.3, -0.25) is 9.55 Å². The summed E-state index contributed by atoms with van der Waals surface area (Å²) < 4.78 is 4.54. The molecule has 5 heterocycles. The van der Waals surface area contributed by atoms with Crippen LogP contribution in [-0.2, 0) is 21.1 Å². The molecule has 6 nitrogen and oxygen atoms in total. The van der Waals surface area contributed by atoms with Gasteiger partial charge in [0.15, 0.2) is 0 Å². The second-order valence-electron chi connectivity index (χ2n) is 15.3. The molecule has 0 amide bonds. The number of para-hydroxylation sites is 4. The van der Waals surface area contributed by atoms with E-state index in [2.05, 4.69) is 185 Å². The molecule has 0 unspecified atom stereocenters. The van der Waals surface area contributed by atoms with Gasteiger partial charge in [0.2, 0.25) is 0 Å². The van der Waals surface area contributed by atoms with Gasteiger partial charge in [-0.15, -0.1) is 34.8 Å². The van der Waals surface area contributed by atoms with E-state index < -0.39 is 0 Å². The number of aryl methyl sites for hydroxylation is 1. The zero-order valence-electron chi connectivity index (χ0n) is 32.9. The van der Waals surface area contributed by atoms with Crippen molar-refractivity contribution in [2.75, 3.05) is 0 Å². The number of benzene rings is 7. The molecule has 0 fully saturated rings. The van der Waals surface area contributed by atoms with Crippen LogP contribution in [0.5, 0.6) is 0 Å². The van der Waals surface area contributed by atoms with Gasteiger partial charge >= 0.3 is 21.1 Å². The first-order valence-corrected chi connectivity index (χ1v) is 20.1. The molecule has 12 rings (SSSR count). The standard InChI is InChI=1S/C54H34N6.Pt/c1-34-30-49-46(33-45(34)36-24-27-55-28-25-36)42-23-22-38(31-50(42)60(49)51-32-37(26-29-56-51)35-12-4-2-5-13-35)40-17-11-21-48-53(40)58-54(59(48)39-14-6-3-7-15-39)44-19-10-18-43-41-16-8-9-20-47(41)57-52(43)44;/h2-30,32-33H,1H3;/q-2;+2. The largest absolute Gasteiger partial charge is 2.00 e. The number of aromatic nitrogens is 6. The van der Waals surface area contributed by atoms with Gasteiger partial charge in [0.1, 0.15) is 11.6 Å². The van der Waals surface area contributed by atoms with E-state index in [1.807, 2.05) is 30.7 Å². The number of fused-ring (bicyclic) bond motifs is 7. The molecular formula is C54H34N6Pt. The van der Waals surface area contributed by atoms with E-state index in [0.29, 0.717) is 0 Å². The molecule has 0 bridgehead atoms. The van der Waals surface area contributed by atoms with Gasteiger partial charge in [-0.1, -0.05) is 120 Å². The van der Waals surface area contributed by atoms with Crippen LogP contribution in [0.25, 0.3) is 111 Å². The Morgan fingerprint density at radius 3 is 2.11 bits per heavy atom. The Bertz CT molecular complexity index is 3610. The molecule has 0 saturated carbocycles. The maximum atomic E-state index is 5.54. The van der Waals surface area contributed by atoms with Crippen LogP contribution in [0.3, 0.4) is 0 Å². The first-order valence-electron chi connectivity index (χ1n) is 20.1. The third-order valence-electron chi connectivity index (χ3n) is 11.8. The van der Waals surface area contributed by atoms with E-state index in [-0.39, 0.29) is 21.1 Å². The van der Waals surface area contributed by atoms with Gasteiger partial charge in [-0.05, 0) is 105 Å². The molecule has 0 aliphatic carbocycles. The third kappa shape index (κ3) is 5.94. The van der Waals surface area contributed by atoms with E-state index in [0.717, 1.165) is 105 Å². The summed E-state index contributed by atoms with van der Waals surface area (Å²) >= 11 is 0. The minimum absolute atomic E-state index is 0. The quantitative estimate of drug-likeness (QED) is 0.156. The van der Waals surface area contributed by atoms with E-state index >= 15 is 0 Å². The fourth-order valence-corrected chi connectivity index (χ4v) is 8.99. The summed E-state index contributed by atoms with van der Waals surface area (Å²) in [6, 6.07) is 63.5. The van der Waals surface area contributed by atoms with Crippen LogP contribution in [0.4, 0.5) is 0 Å². The number of imidazole rings is 1. The van der Waals surface area contributed by atoms with Crippen molar-refractivity contribution in [2.45, 2.75) is 6.92 Å². The second-order valence-corrected chi connectivity index (χ2v) is 15.3. The van der Waals surface area contributed by atoms with Gasteiger partial charge in [0.25, 0.3) is 0 Å². The number of hydrogen-bond donors (Lipinski definition) is 0. The van der Waals surface area contributed by atoms with Crippen LogP contribution in [0.1, 0.15) is 5.56 Å². The average Bonchev–Trinajstić information content (AvgIpc) is 3.99. The minimum atomic E-state index is 0. The van der Waals surface area contributed by atoms with Crippen molar-refractivity contribution < 1.29 is 21.1 Å². The molecule has 0 aliphatic rings. The monoisotopic (exact) mass is 961 g/mol. The summed E-state index contributed by atoms with van der Waals surface area (Å²) in [5.74, 6) is 1.67. The number of hydrogen-bond acceptors (Lipinski definition) is 3. The van der Waals surface area contributed by atoms with Crippen molar-refractivity contribution in [1.82, 2.24) is 29.1 Å². The molecule has 0 atom stereocenters. The zero-order chi connectivity index (χ0) is 39.7. The molecule has 7 aromatic carbocycles. The van der Waals surface area contributed by atoms with Gasteiger partial charge in [-0.25, -0.2) is 9.97 Å². The summed E-state index contributed by atoms with van der Waals surface area (Å²) in [4.78, 5) is 20.0. The summed E-state index contributed by atoms with van der Waals surface area (Å²) in [6.45, 7) is 2.18. The maximum absolute atomic E-state index is 5.54. The Morgan fingerprint density at radius 2 is 1.26 bits per heavy atom. The Balaban J connectivity index is 0.00000420. The van der Waals surface area contributed by atoms with E-state index in [4.69, 9.17) is 15.0 Å². The van der Waals surface area contributed by atoms with Crippen LogP contribution in [0, 0.1) is 13.0 Å². The van der Waals surface area contributed by atoms with Crippen molar-refractivity contribution in [3.63, 3.8) is 0 Å². The smallest absolute Gasteiger partial charge is 0.656 e. The van der Waals surface area contributed by atoms with Crippen LogP contribution in [0.15, 0.2) is 188 Å². The first kappa shape index (κ1) is 36.7. The molecule has 12 aromatic rings. The predicted molar refractivity (Wildman–Crippen MR) is 245 cm³/mol. The third-order valence-corrected chi connectivity index (χ3v) is 11.8. The summed E-state index contributed by atoms with van der Waals surface area (Å²) in [5.41, 5.74) is 15.5. The minimum Gasteiger partial charge on any atom is -0.656 e. The Morgan fingerprint density at radius 1 is 0.525 bits per heavy atom. The summed E-state index contributed by atoms with van der Waals surface area (Å²) in [5, 5.41) is 4.49. The Kier molecular flexibility index (Phi) is 8.84. The van der Waals surface area contributed by atoms with Crippen molar-refractivity contribution in [3.8, 4) is 56.3 Å². The van der Waals surface area contributed by atoms with Crippen molar-refractivity contribution >= 4 is 54.6 Å². The van der Waals surface area contributed by atoms with Crippen molar-refractivity contribution in [3.05, 3.63) is 200 Å². The maximum Gasteiger partial charge on any atom is 2.00 e. The Hall–Kier alpha value is -7.40. The summed E-state index contributed by atoms with van der Waals surface area (Å²) in [7, 11) is 0.